The van der Waals surface area contributed by atoms with Crippen LogP contribution in [0.2, 0.25) is 0 Å². The topological polar surface area (TPSA) is 78.9 Å². The second-order valence-corrected chi connectivity index (χ2v) is 20.5. The molecule has 0 saturated heterocycles. The molecule has 0 aromatic rings. The fraction of sp³-hybridized carbons (Fsp3) is 0.625. The summed E-state index contributed by atoms with van der Waals surface area (Å²) in [6, 6.07) is 0. The Morgan fingerprint density at radius 2 is 0.513 bits per heavy atom. The van der Waals surface area contributed by atoms with Gasteiger partial charge in [0.15, 0.2) is 6.10 Å². The number of hydrogen-bond acceptors (Lipinski definition) is 6. The predicted octanol–water partition coefficient (Wildman–Crippen LogP) is 21.9. The van der Waals surface area contributed by atoms with Crippen LogP contribution in [-0.2, 0) is 28.6 Å². The average Bonchev–Trinajstić information content (AvgIpc) is 3.44. The smallest absolute Gasteiger partial charge is 0.306 e. The van der Waals surface area contributed by atoms with Crippen molar-refractivity contribution in [2.45, 2.75) is 277 Å². The van der Waals surface area contributed by atoms with Gasteiger partial charge < -0.3 is 14.2 Å². The molecule has 0 aromatic heterocycles. The number of allylic oxidation sites excluding steroid dienone is 24. The fourth-order valence-electron chi connectivity index (χ4n) is 8.36. The van der Waals surface area contributed by atoms with E-state index in [1.165, 1.54) is 96.3 Å². The Morgan fingerprint density at radius 3 is 0.833 bits per heavy atom. The quantitative estimate of drug-likeness (QED) is 0.0261. The minimum absolute atomic E-state index is 0.108. The number of carbonyl (C=O) groups excluding carboxylic acids is 3. The first kappa shape index (κ1) is 73.3. The Kier molecular flexibility index (Phi) is 60.9. The Labute approximate surface area is 480 Å². The monoisotopic (exact) mass is 1080 g/mol. The van der Waals surface area contributed by atoms with Crippen LogP contribution in [0.5, 0.6) is 0 Å². The molecule has 78 heavy (non-hydrogen) atoms. The molecule has 0 saturated carbocycles. The second-order valence-electron chi connectivity index (χ2n) is 20.5. The summed E-state index contributed by atoms with van der Waals surface area (Å²) < 4.78 is 16.8. The minimum Gasteiger partial charge on any atom is -0.462 e. The van der Waals surface area contributed by atoms with Crippen LogP contribution in [0.25, 0.3) is 0 Å². The molecule has 0 fully saturated rings. The molecule has 440 valence electrons. The number of hydrogen-bond donors (Lipinski definition) is 0. The van der Waals surface area contributed by atoms with Crippen LogP contribution >= 0.6 is 0 Å². The maximum absolute atomic E-state index is 12.9. The molecule has 0 spiro atoms. The van der Waals surface area contributed by atoms with Gasteiger partial charge in [-0.15, -0.1) is 0 Å². The number of esters is 3. The third-order valence-electron chi connectivity index (χ3n) is 13.1. The zero-order valence-electron chi connectivity index (χ0n) is 50.4. The van der Waals surface area contributed by atoms with Gasteiger partial charge in [0.1, 0.15) is 13.2 Å². The summed E-state index contributed by atoms with van der Waals surface area (Å²) in [5, 5.41) is 0. The normalized spacial score (nSPS) is 13.1. The van der Waals surface area contributed by atoms with Crippen molar-refractivity contribution in [1.82, 2.24) is 0 Å². The van der Waals surface area contributed by atoms with Crippen LogP contribution in [0.3, 0.4) is 0 Å². The molecule has 0 bridgehead atoms. The van der Waals surface area contributed by atoms with Gasteiger partial charge in [-0.3, -0.25) is 14.4 Å². The predicted molar refractivity (Wildman–Crippen MR) is 339 cm³/mol. The molecular weight excluding hydrogens is 961 g/mol. The molecule has 0 rings (SSSR count). The highest BCUT2D eigenvalue weighted by molar-refractivity contribution is 5.71. The average molecular weight is 1080 g/mol. The van der Waals surface area contributed by atoms with E-state index in [-0.39, 0.29) is 37.5 Å². The van der Waals surface area contributed by atoms with Crippen molar-refractivity contribution in [3.05, 3.63) is 146 Å². The molecule has 6 heteroatoms. The number of ether oxygens (including phenoxy) is 3. The Morgan fingerprint density at radius 1 is 0.269 bits per heavy atom. The van der Waals surface area contributed by atoms with Gasteiger partial charge in [0.25, 0.3) is 0 Å². The lowest BCUT2D eigenvalue weighted by molar-refractivity contribution is -0.167. The number of carbonyl (C=O) groups is 3. The summed E-state index contributed by atoms with van der Waals surface area (Å²) in [6.07, 6.45) is 92.9. The lowest BCUT2D eigenvalue weighted by Crippen LogP contribution is -2.30. The SMILES string of the molecule is CC/C=C\C/C=C\C/C=C\C/C=C\C/C=C\C/C=C\CCCCCCCCCCCCCCC(=O)OCC(COC(=O)CCCCCCC/C=C\CCCCC)OC(=O)CCC/C=C\C/C=C\C/C=C\C/C=C\C/C=C\CC. The summed E-state index contributed by atoms with van der Waals surface area (Å²) >= 11 is 0. The van der Waals surface area contributed by atoms with Crippen LogP contribution in [0, 0.1) is 0 Å². The van der Waals surface area contributed by atoms with Crippen molar-refractivity contribution in [1.29, 1.82) is 0 Å². The number of unbranched alkanes of at least 4 members (excludes halogenated alkanes) is 21. The van der Waals surface area contributed by atoms with Crippen molar-refractivity contribution < 1.29 is 28.6 Å². The zero-order chi connectivity index (χ0) is 56.4. The third kappa shape index (κ3) is 62.1. The summed E-state index contributed by atoms with van der Waals surface area (Å²) in [6.45, 7) is 6.33. The van der Waals surface area contributed by atoms with E-state index in [9.17, 15) is 14.4 Å². The summed E-state index contributed by atoms with van der Waals surface area (Å²) in [5.74, 6) is -0.979. The molecule has 0 aliphatic heterocycles. The standard InChI is InChI=1S/C72H116O6/c1-4-7-10-13-16-19-22-25-27-29-30-31-32-33-34-35-36-37-38-39-40-41-42-44-45-47-50-53-56-59-62-65-71(74)77-68-69(67-76-70(73)64-61-58-55-52-49-24-21-18-15-12-9-6-3)78-72(75)66-63-60-57-54-51-48-46-43-28-26-23-20-17-14-11-8-5-2/h7-8,10-11,16-21,25-28,30-31,33-34,36-37,46,48,54,57,69H,4-6,9,12-15,22-24,29,32,35,38-45,47,49-53,55-56,58-68H2,1-3H3/b10-7-,11-8-,19-16-,20-17-,21-18-,27-25-,28-26-,31-30-,34-33-,37-36-,48-46-,57-54-. The first-order valence-corrected chi connectivity index (χ1v) is 31.8. The lowest BCUT2D eigenvalue weighted by Gasteiger charge is -2.18. The van der Waals surface area contributed by atoms with E-state index in [1.807, 2.05) is 0 Å². The van der Waals surface area contributed by atoms with Crippen LogP contribution in [0.1, 0.15) is 271 Å². The molecule has 0 aliphatic carbocycles. The van der Waals surface area contributed by atoms with E-state index in [0.717, 1.165) is 128 Å². The maximum Gasteiger partial charge on any atom is 0.306 e. The summed E-state index contributed by atoms with van der Waals surface area (Å²) in [7, 11) is 0. The van der Waals surface area contributed by atoms with E-state index in [2.05, 4.69) is 167 Å². The van der Waals surface area contributed by atoms with E-state index in [4.69, 9.17) is 14.2 Å². The van der Waals surface area contributed by atoms with Gasteiger partial charge in [0.05, 0.1) is 0 Å². The molecular formula is C72H116O6. The highest BCUT2D eigenvalue weighted by atomic mass is 16.6. The minimum atomic E-state index is -0.817. The fourth-order valence-corrected chi connectivity index (χ4v) is 8.36. The molecule has 0 N–H and O–H groups in total. The van der Waals surface area contributed by atoms with E-state index in [0.29, 0.717) is 19.3 Å². The summed E-state index contributed by atoms with van der Waals surface area (Å²) in [4.78, 5) is 38.2. The number of rotatable bonds is 56. The highest BCUT2D eigenvalue weighted by Crippen LogP contribution is 2.15. The van der Waals surface area contributed by atoms with Crippen molar-refractivity contribution in [3.63, 3.8) is 0 Å². The zero-order valence-corrected chi connectivity index (χ0v) is 50.4. The molecule has 0 heterocycles. The first-order valence-electron chi connectivity index (χ1n) is 31.8. The molecule has 0 amide bonds. The van der Waals surface area contributed by atoms with Gasteiger partial charge >= 0.3 is 17.9 Å². The van der Waals surface area contributed by atoms with E-state index < -0.39 is 6.10 Å². The van der Waals surface area contributed by atoms with Crippen LogP contribution in [-0.4, -0.2) is 37.2 Å². The Balaban J connectivity index is 4.31. The van der Waals surface area contributed by atoms with Gasteiger partial charge in [-0.05, 0) is 135 Å². The van der Waals surface area contributed by atoms with Crippen LogP contribution < -0.4 is 0 Å². The van der Waals surface area contributed by atoms with Crippen molar-refractivity contribution in [2.75, 3.05) is 13.2 Å². The van der Waals surface area contributed by atoms with Gasteiger partial charge in [-0.2, -0.15) is 0 Å². The van der Waals surface area contributed by atoms with Crippen molar-refractivity contribution in [3.8, 4) is 0 Å². The summed E-state index contributed by atoms with van der Waals surface area (Å²) in [5.41, 5.74) is 0. The van der Waals surface area contributed by atoms with Gasteiger partial charge in [0, 0.05) is 19.3 Å². The third-order valence-corrected chi connectivity index (χ3v) is 13.1. The lowest BCUT2D eigenvalue weighted by atomic mass is 10.0. The molecule has 6 nitrogen and oxygen atoms in total. The Hall–Kier alpha value is -4.71. The Bertz CT molecular complexity index is 1710. The maximum atomic E-state index is 12.9. The van der Waals surface area contributed by atoms with Crippen molar-refractivity contribution >= 4 is 17.9 Å². The molecule has 1 unspecified atom stereocenters. The first-order chi connectivity index (χ1) is 38.5. The van der Waals surface area contributed by atoms with Gasteiger partial charge in [0.2, 0.25) is 0 Å². The largest absolute Gasteiger partial charge is 0.462 e. The molecule has 0 radical (unpaired) electrons. The van der Waals surface area contributed by atoms with Gasteiger partial charge in [-0.25, -0.2) is 0 Å². The van der Waals surface area contributed by atoms with Gasteiger partial charge in [-0.1, -0.05) is 263 Å². The molecule has 0 aromatic carbocycles. The highest BCUT2D eigenvalue weighted by Gasteiger charge is 2.19. The van der Waals surface area contributed by atoms with E-state index >= 15 is 0 Å². The second kappa shape index (κ2) is 64.8. The molecule has 0 aliphatic rings. The van der Waals surface area contributed by atoms with E-state index in [1.54, 1.807) is 0 Å². The van der Waals surface area contributed by atoms with Crippen LogP contribution in [0.15, 0.2) is 146 Å². The molecule has 1 atom stereocenters. The van der Waals surface area contributed by atoms with Crippen LogP contribution in [0.4, 0.5) is 0 Å². The van der Waals surface area contributed by atoms with Crippen molar-refractivity contribution in [2.24, 2.45) is 0 Å².